The molecule has 0 unspecified atom stereocenters. The predicted molar refractivity (Wildman–Crippen MR) is 139 cm³/mol. The number of ether oxygens (including phenoxy) is 1. The number of pyridine rings is 1. The summed E-state index contributed by atoms with van der Waals surface area (Å²) in [5.41, 5.74) is 5.41. The number of nitriles is 1. The van der Waals surface area contributed by atoms with Gasteiger partial charge in [-0.1, -0.05) is 36.4 Å². The van der Waals surface area contributed by atoms with Gasteiger partial charge in [-0.05, 0) is 55.7 Å². The SMILES string of the molecule is CCOc1ccccc1-c1ccc(-c2nc3ccc(F)cc3c(NCCCC(=O)O)c2C#N)c(C)c1. The van der Waals surface area contributed by atoms with Gasteiger partial charge in [-0.25, -0.2) is 9.37 Å². The summed E-state index contributed by atoms with van der Waals surface area (Å²) in [4.78, 5) is 15.6. The first-order valence-corrected chi connectivity index (χ1v) is 11.7. The van der Waals surface area contributed by atoms with Gasteiger partial charge in [-0.3, -0.25) is 4.79 Å². The number of aliphatic carboxylic acids is 1. The second-order valence-corrected chi connectivity index (χ2v) is 8.37. The molecule has 7 heteroatoms. The normalized spacial score (nSPS) is 10.7. The van der Waals surface area contributed by atoms with Crippen molar-refractivity contribution in [2.24, 2.45) is 0 Å². The number of aromatic nitrogens is 1. The third kappa shape index (κ3) is 5.13. The summed E-state index contributed by atoms with van der Waals surface area (Å²) in [6, 6.07) is 20.3. The van der Waals surface area contributed by atoms with Crippen molar-refractivity contribution < 1.29 is 19.0 Å². The van der Waals surface area contributed by atoms with Crippen LogP contribution in [0.3, 0.4) is 0 Å². The summed E-state index contributed by atoms with van der Waals surface area (Å²) in [6.07, 6.45) is 0.352. The summed E-state index contributed by atoms with van der Waals surface area (Å²) in [5.74, 6) is -0.545. The molecule has 1 heterocycles. The number of hydrogen-bond acceptors (Lipinski definition) is 5. The van der Waals surface area contributed by atoms with Gasteiger partial charge >= 0.3 is 5.97 Å². The molecule has 4 rings (SSSR count). The smallest absolute Gasteiger partial charge is 0.303 e. The molecule has 6 nitrogen and oxygen atoms in total. The molecule has 0 saturated heterocycles. The van der Waals surface area contributed by atoms with Crippen LogP contribution in [0.5, 0.6) is 5.75 Å². The molecule has 2 N–H and O–H groups in total. The molecular formula is C29H26FN3O3. The van der Waals surface area contributed by atoms with E-state index in [0.717, 1.165) is 28.0 Å². The van der Waals surface area contributed by atoms with E-state index < -0.39 is 11.8 Å². The average Bonchev–Trinajstić information content (AvgIpc) is 2.86. The Bertz CT molecular complexity index is 1480. The fourth-order valence-corrected chi connectivity index (χ4v) is 4.26. The Kier molecular flexibility index (Phi) is 7.45. The van der Waals surface area contributed by atoms with E-state index >= 15 is 0 Å². The molecule has 0 saturated carbocycles. The van der Waals surface area contributed by atoms with Crippen molar-refractivity contribution in [2.45, 2.75) is 26.7 Å². The molecule has 3 aromatic carbocycles. The maximum Gasteiger partial charge on any atom is 0.303 e. The quantitative estimate of drug-likeness (QED) is 0.262. The molecule has 182 valence electrons. The molecule has 0 bridgehead atoms. The number of carboxylic acid groups (broad SMARTS) is 1. The van der Waals surface area contributed by atoms with Gasteiger partial charge in [0.1, 0.15) is 23.2 Å². The molecular weight excluding hydrogens is 457 g/mol. The average molecular weight is 484 g/mol. The van der Waals surface area contributed by atoms with E-state index in [1.807, 2.05) is 56.3 Å². The van der Waals surface area contributed by atoms with E-state index in [1.165, 1.54) is 12.1 Å². The van der Waals surface area contributed by atoms with Gasteiger partial charge < -0.3 is 15.2 Å². The minimum absolute atomic E-state index is 0.0110. The van der Waals surface area contributed by atoms with Crippen LogP contribution in [0.15, 0.2) is 60.7 Å². The molecule has 36 heavy (non-hydrogen) atoms. The Morgan fingerprint density at radius 2 is 1.94 bits per heavy atom. The van der Waals surface area contributed by atoms with Gasteiger partial charge in [0.15, 0.2) is 0 Å². The molecule has 0 radical (unpaired) electrons. The number of carboxylic acids is 1. The molecule has 0 aliphatic heterocycles. The van der Waals surface area contributed by atoms with Crippen molar-refractivity contribution in [2.75, 3.05) is 18.5 Å². The van der Waals surface area contributed by atoms with Crippen LogP contribution in [-0.4, -0.2) is 29.2 Å². The second-order valence-electron chi connectivity index (χ2n) is 8.37. The summed E-state index contributed by atoms with van der Waals surface area (Å²) in [6.45, 7) is 4.78. The topological polar surface area (TPSA) is 95.2 Å². The highest BCUT2D eigenvalue weighted by molar-refractivity contribution is 5.98. The third-order valence-corrected chi connectivity index (χ3v) is 5.91. The lowest BCUT2D eigenvalue weighted by atomic mass is 9.94. The first kappa shape index (κ1) is 24.7. The van der Waals surface area contributed by atoms with Gasteiger partial charge in [-0.15, -0.1) is 0 Å². The van der Waals surface area contributed by atoms with E-state index in [1.54, 1.807) is 6.07 Å². The van der Waals surface area contributed by atoms with Crippen molar-refractivity contribution in [3.8, 4) is 34.2 Å². The fourth-order valence-electron chi connectivity index (χ4n) is 4.26. The predicted octanol–water partition coefficient (Wildman–Crippen LogP) is 6.56. The van der Waals surface area contributed by atoms with E-state index in [9.17, 15) is 14.4 Å². The van der Waals surface area contributed by atoms with Gasteiger partial charge in [0, 0.05) is 29.5 Å². The van der Waals surface area contributed by atoms with Gasteiger partial charge in [0.05, 0.1) is 23.5 Å². The monoisotopic (exact) mass is 483 g/mol. The summed E-state index contributed by atoms with van der Waals surface area (Å²) in [7, 11) is 0. The maximum atomic E-state index is 14.1. The standard InChI is InChI=1S/C29H26FN3O3/c1-3-36-26-8-5-4-7-22(26)19-10-12-21(18(2)15-19)29-24(17-31)28(32-14-6-9-27(34)35)23-16-20(30)11-13-25(23)33-29/h4-5,7-8,10-13,15-16H,3,6,9,14H2,1-2H3,(H,32,33)(H,34,35). The van der Waals surface area contributed by atoms with Crippen LogP contribution in [-0.2, 0) is 4.79 Å². The second kappa shape index (κ2) is 10.9. The molecule has 0 aliphatic rings. The summed E-state index contributed by atoms with van der Waals surface area (Å²) < 4.78 is 19.9. The highest BCUT2D eigenvalue weighted by Crippen LogP contribution is 2.37. The lowest BCUT2D eigenvalue weighted by molar-refractivity contribution is -0.137. The number of halogens is 1. The number of nitrogens with zero attached hydrogens (tertiary/aromatic N) is 2. The Balaban J connectivity index is 1.82. The number of hydrogen-bond donors (Lipinski definition) is 2. The Labute approximate surface area is 209 Å². The Morgan fingerprint density at radius 3 is 2.67 bits per heavy atom. The van der Waals surface area contributed by atoms with Crippen LogP contribution < -0.4 is 10.1 Å². The zero-order valence-electron chi connectivity index (χ0n) is 20.1. The highest BCUT2D eigenvalue weighted by Gasteiger charge is 2.19. The number of aryl methyl sites for hydroxylation is 1. The zero-order valence-corrected chi connectivity index (χ0v) is 20.1. The van der Waals surface area contributed by atoms with Crippen LogP contribution >= 0.6 is 0 Å². The zero-order chi connectivity index (χ0) is 25.7. The van der Waals surface area contributed by atoms with E-state index in [0.29, 0.717) is 41.9 Å². The first-order valence-electron chi connectivity index (χ1n) is 11.7. The lowest BCUT2D eigenvalue weighted by Crippen LogP contribution is -2.08. The molecule has 0 amide bonds. The van der Waals surface area contributed by atoms with Crippen molar-refractivity contribution >= 4 is 22.6 Å². The van der Waals surface area contributed by atoms with Crippen molar-refractivity contribution in [3.63, 3.8) is 0 Å². The lowest BCUT2D eigenvalue weighted by Gasteiger charge is -2.17. The number of para-hydroxylation sites is 1. The van der Waals surface area contributed by atoms with E-state index in [2.05, 4.69) is 11.4 Å². The van der Waals surface area contributed by atoms with Crippen LogP contribution in [0.1, 0.15) is 30.9 Å². The third-order valence-electron chi connectivity index (χ3n) is 5.91. The van der Waals surface area contributed by atoms with Gasteiger partial charge in [0.25, 0.3) is 0 Å². The number of fused-ring (bicyclic) bond motifs is 1. The number of carbonyl (C=O) groups is 1. The Morgan fingerprint density at radius 1 is 1.14 bits per heavy atom. The molecule has 0 aliphatic carbocycles. The van der Waals surface area contributed by atoms with Gasteiger partial charge in [-0.2, -0.15) is 5.26 Å². The minimum atomic E-state index is -0.898. The van der Waals surface area contributed by atoms with Crippen molar-refractivity contribution in [1.82, 2.24) is 4.98 Å². The van der Waals surface area contributed by atoms with E-state index in [4.69, 9.17) is 14.8 Å². The van der Waals surface area contributed by atoms with Crippen molar-refractivity contribution in [3.05, 3.63) is 77.6 Å². The molecule has 4 aromatic rings. The van der Waals surface area contributed by atoms with Crippen LogP contribution in [0.2, 0.25) is 0 Å². The summed E-state index contributed by atoms with van der Waals surface area (Å²) in [5, 5.41) is 22.7. The molecule has 0 atom stereocenters. The minimum Gasteiger partial charge on any atom is -0.493 e. The molecule has 0 spiro atoms. The number of rotatable bonds is 9. The number of benzene rings is 3. The largest absolute Gasteiger partial charge is 0.493 e. The Hall–Kier alpha value is -4.44. The molecule has 0 fully saturated rings. The van der Waals surface area contributed by atoms with Crippen molar-refractivity contribution in [1.29, 1.82) is 5.26 Å². The van der Waals surface area contributed by atoms with E-state index in [-0.39, 0.29) is 12.0 Å². The number of anilines is 1. The van der Waals surface area contributed by atoms with Crippen LogP contribution in [0.4, 0.5) is 10.1 Å². The number of nitrogens with one attached hydrogen (secondary N) is 1. The fraction of sp³-hybridized carbons (Fsp3) is 0.207. The summed E-state index contributed by atoms with van der Waals surface area (Å²) >= 11 is 0. The first-order chi connectivity index (χ1) is 17.4. The maximum absolute atomic E-state index is 14.1. The van der Waals surface area contributed by atoms with Crippen LogP contribution in [0, 0.1) is 24.1 Å². The van der Waals surface area contributed by atoms with Gasteiger partial charge in [0.2, 0.25) is 0 Å². The molecule has 1 aromatic heterocycles. The van der Waals surface area contributed by atoms with Crippen LogP contribution in [0.25, 0.3) is 33.3 Å². The highest BCUT2D eigenvalue weighted by atomic mass is 19.1.